The SMILES string of the molecule is CCNC(Cc1cc(Cl)ccc1Cl)C(OCC)OCC. The van der Waals surface area contributed by atoms with Crippen LogP contribution in [0.3, 0.4) is 0 Å². The van der Waals surface area contributed by atoms with E-state index in [1.807, 2.05) is 26.0 Å². The standard InChI is InChI=1S/C15H23Cl2NO2/c1-4-18-14(15(19-5-2)20-6-3)10-11-9-12(16)7-8-13(11)17/h7-9,14-15,18H,4-6,10H2,1-3H3. The van der Waals surface area contributed by atoms with Crippen molar-refractivity contribution in [1.29, 1.82) is 0 Å². The van der Waals surface area contributed by atoms with Gasteiger partial charge >= 0.3 is 0 Å². The molecule has 0 saturated heterocycles. The molecule has 114 valence electrons. The van der Waals surface area contributed by atoms with Crippen LogP contribution < -0.4 is 5.32 Å². The number of nitrogens with one attached hydrogen (secondary N) is 1. The van der Waals surface area contributed by atoms with Crippen molar-refractivity contribution < 1.29 is 9.47 Å². The van der Waals surface area contributed by atoms with E-state index in [0.717, 1.165) is 12.1 Å². The van der Waals surface area contributed by atoms with Gasteiger partial charge in [0.2, 0.25) is 0 Å². The topological polar surface area (TPSA) is 30.5 Å². The van der Waals surface area contributed by atoms with Crippen molar-refractivity contribution in [3.63, 3.8) is 0 Å². The molecule has 0 aliphatic rings. The van der Waals surface area contributed by atoms with Crippen LogP contribution in [0.4, 0.5) is 0 Å². The highest BCUT2D eigenvalue weighted by atomic mass is 35.5. The first kappa shape index (κ1) is 17.7. The Labute approximate surface area is 131 Å². The van der Waals surface area contributed by atoms with Crippen LogP contribution in [0.15, 0.2) is 18.2 Å². The summed E-state index contributed by atoms with van der Waals surface area (Å²) in [6.07, 6.45) is 0.415. The zero-order chi connectivity index (χ0) is 15.0. The molecule has 1 N–H and O–H groups in total. The van der Waals surface area contributed by atoms with Gasteiger partial charge < -0.3 is 14.8 Å². The first-order valence-corrected chi connectivity index (χ1v) is 7.78. The van der Waals surface area contributed by atoms with Crippen molar-refractivity contribution in [2.75, 3.05) is 19.8 Å². The zero-order valence-corrected chi connectivity index (χ0v) is 13.8. The molecule has 0 aromatic heterocycles. The third-order valence-electron chi connectivity index (χ3n) is 2.90. The number of hydrogen-bond acceptors (Lipinski definition) is 3. The summed E-state index contributed by atoms with van der Waals surface area (Å²) in [6, 6.07) is 5.54. The summed E-state index contributed by atoms with van der Waals surface area (Å²) < 4.78 is 11.4. The molecule has 0 heterocycles. The molecule has 0 amide bonds. The van der Waals surface area contributed by atoms with Crippen LogP contribution in [-0.4, -0.2) is 32.1 Å². The van der Waals surface area contributed by atoms with Gasteiger partial charge in [-0.25, -0.2) is 0 Å². The molecule has 20 heavy (non-hydrogen) atoms. The third kappa shape index (κ3) is 5.58. The molecule has 0 radical (unpaired) electrons. The number of benzene rings is 1. The first-order chi connectivity index (χ1) is 9.62. The van der Waals surface area contributed by atoms with Gasteiger partial charge in [-0.3, -0.25) is 0 Å². The molecule has 1 aromatic carbocycles. The Bertz CT molecular complexity index is 395. The lowest BCUT2D eigenvalue weighted by Gasteiger charge is -2.27. The first-order valence-electron chi connectivity index (χ1n) is 7.02. The van der Waals surface area contributed by atoms with Crippen LogP contribution in [0.25, 0.3) is 0 Å². The Kier molecular flexibility index (Phi) is 8.50. The second-order valence-corrected chi connectivity index (χ2v) is 5.23. The van der Waals surface area contributed by atoms with Gasteiger partial charge in [0.1, 0.15) is 0 Å². The molecule has 0 aliphatic heterocycles. The van der Waals surface area contributed by atoms with Gasteiger partial charge in [0.25, 0.3) is 0 Å². The predicted octanol–water partition coefficient (Wildman–Crippen LogP) is 3.91. The van der Waals surface area contributed by atoms with E-state index in [-0.39, 0.29) is 12.3 Å². The highest BCUT2D eigenvalue weighted by molar-refractivity contribution is 6.33. The maximum absolute atomic E-state index is 6.23. The Morgan fingerprint density at radius 2 is 1.75 bits per heavy atom. The molecule has 3 nitrogen and oxygen atoms in total. The van der Waals surface area contributed by atoms with Crippen molar-refractivity contribution in [1.82, 2.24) is 5.32 Å². The van der Waals surface area contributed by atoms with Gasteiger partial charge in [-0.15, -0.1) is 0 Å². The molecule has 0 saturated carbocycles. The fourth-order valence-corrected chi connectivity index (χ4v) is 2.46. The van der Waals surface area contributed by atoms with E-state index in [9.17, 15) is 0 Å². The molecule has 0 fully saturated rings. The molecule has 1 aromatic rings. The number of halogens is 2. The lowest BCUT2D eigenvalue weighted by molar-refractivity contribution is -0.153. The van der Waals surface area contributed by atoms with Crippen LogP contribution in [0.5, 0.6) is 0 Å². The minimum Gasteiger partial charge on any atom is -0.351 e. The highest BCUT2D eigenvalue weighted by Crippen LogP contribution is 2.23. The summed E-state index contributed by atoms with van der Waals surface area (Å²) >= 11 is 12.3. The Hall–Kier alpha value is -0.320. The minimum atomic E-state index is -0.292. The van der Waals surface area contributed by atoms with Gasteiger partial charge in [0.05, 0.1) is 6.04 Å². The number of likely N-dealkylation sites (N-methyl/N-ethyl adjacent to an activating group) is 1. The monoisotopic (exact) mass is 319 g/mol. The zero-order valence-electron chi connectivity index (χ0n) is 12.3. The van der Waals surface area contributed by atoms with Crippen molar-refractivity contribution in [2.24, 2.45) is 0 Å². The molecule has 0 spiro atoms. The molecule has 1 rings (SSSR count). The summed E-state index contributed by atoms with van der Waals surface area (Å²) in [5, 5.41) is 4.79. The number of rotatable bonds is 9. The second kappa shape index (κ2) is 9.59. The quantitative estimate of drug-likeness (QED) is 0.700. The number of ether oxygens (including phenoxy) is 2. The highest BCUT2D eigenvalue weighted by Gasteiger charge is 2.22. The second-order valence-electron chi connectivity index (χ2n) is 4.38. The third-order valence-corrected chi connectivity index (χ3v) is 3.51. The van der Waals surface area contributed by atoms with Crippen LogP contribution in [0.2, 0.25) is 10.0 Å². The van der Waals surface area contributed by atoms with Crippen molar-refractivity contribution in [3.8, 4) is 0 Å². The van der Waals surface area contributed by atoms with Gasteiger partial charge in [-0.2, -0.15) is 0 Å². The average molecular weight is 320 g/mol. The van der Waals surface area contributed by atoms with E-state index in [1.165, 1.54) is 0 Å². The average Bonchev–Trinajstić information content (AvgIpc) is 2.42. The van der Waals surface area contributed by atoms with Crippen LogP contribution in [0.1, 0.15) is 26.3 Å². The van der Waals surface area contributed by atoms with E-state index in [4.69, 9.17) is 32.7 Å². The molecule has 1 unspecified atom stereocenters. The van der Waals surface area contributed by atoms with E-state index in [0.29, 0.717) is 29.7 Å². The molecule has 5 heteroatoms. The maximum Gasteiger partial charge on any atom is 0.172 e. The minimum absolute atomic E-state index is 0.0378. The van der Waals surface area contributed by atoms with E-state index in [2.05, 4.69) is 12.2 Å². The summed E-state index contributed by atoms with van der Waals surface area (Å²) in [5.74, 6) is 0. The van der Waals surface area contributed by atoms with Gasteiger partial charge in [0, 0.05) is 23.3 Å². The fraction of sp³-hybridized carbons (Fsp3) is 0.600. The predicted molar refractivity (Wildman–Crippen MR) is 84.7 cm³/mol. The molecule has 1 atom stereocenters. The Balaban J connectivity index is 2.86. The van der Waals surface area contributed by atoms with E-state index >= 15 is 0 Å². The van der Waals surface area contributed by atoms with Crippen LogP contribution in [0, 0.1) is 0 Å². The molecular formula is C15H23Cl2NO2. The largest absolute Gasteiger partial charge is 0.351 e. The maximum atomic E-state index is 6.23. The normalized spacial score (nSPS) is 12.9. The van der Waals surface area contributed by atoms with Crippen molar-refractivity contribution in [2.45, 2.75) is 39.5 Å². The summed E-state index contributed by atoms with van der Waals surface area (Å²) in [5.41, 5.74) is 0.995. The number of hydrogen-bond donors (Lipinski definition) is 1. The molecular weight excluding hydrogens is 297 g/mol. The van der Waals surface area contributed by atoms with Crippen molar-refractivity contribution >= 4 is 23.2 Å². The van der Waals surface area contributed by atoms with Crippen LogP contribution in [-0.2, 0) is 15.9 Å². The van der Waals surface area contributed by atoms with E-state index < -0.39 is 0 Å². The molecule has 0 bridgehead atoms. The summed E-state index contributed by atoms with van der Waals surface area (Å²) in [4.78, 5) is 0. The van der Waals surface area contributed by atoms with Gasteiger partial charge in [-0.05, 0) is 50.6 Å². The lowest BCUT2D eigenvalue weighted by Crippen LogP contribution is -2.44. The Morgan fingerprint density at radius 3 is 2.30 bits per heavy atom. The Morgan fingerprint density at radius 1 is 1.10 bits per heavy atom. The lowest BCUT2D eigenvalue weighted by atomic mass is 10.1. The van der Waals surface area contributed by atoms with Crippen molar-refractivity contribution in [3.05, 3.63) is 33.8 Å². The van der Waals surface area contributed by atoms with E-state index in [1.54, 1.807) is 6.07 Å². The summed E-state index contributed by atoms with van der Waals surface area (Å²) in [6.45, 7) is 8.02. The summed E-state index contributed by atoms with van der Waals surface area (Å²) in [7, 11) is 0. The fourth-order valence-electron chi connectivity index (χ4n) is 2.07. The van der Waals surface area contributed by atoms with Gasteiger partial charge in [0.15, 0.2) is 6.29 Å². The van der Waals surface area contributed by atoms with Crippen LogP contribution >= 0.6 is 23.2 Å². The smallest absolute Gasteiger partial charge is 0.172 e. The van der Waals surface area contributed by atoms with Gasteiger partial charge in [-0.1, -0.05) is 30.1 Å². The molecule has 0 aliphatic carbocycles.